The van der Waals surface area contributed by atoms with Crippen LogP contribution in [0.1, 0.15) is 13.3 Å². The Labute approximate surface area is 151 Å². The number of carboxylic acid groups (broad SMARTS) is 3. The Bertz CT molecular complexity index is 554. The number of halogens is 6. The van der Waals surface area contributed by atoms with Crippen molar-refractivity contribution < 1.29 is 65.6 Å². The minimum atomic E-state index is -5.08. The lowest BCUT2D eigenvalue weighted by molar-refractivity contribution is -0.193. The second-order valence-corrected chi connectivity index (χ2v) is 4.45. The van der Waals surface area contributed by atoms with Crippen LogP contribution in [0.4, 0.5) is 26.3 Å². The fraction of sp³-hybridized carbons (Fsp3) is 0.545. The van der Waals surface area contributed by atoms with Crippen molar-refractivity contribution in [1.29, 1.82) is 0 Å². The van der Waals surface area contributed by atoms with Crippen molar-refractivity contribution in [1.82, 2.24) is 5.32 Å². The molecular formula is C11H15F6N3O8. The number of carboxylic acids is 3. The van der Waals surface area contributed by atoms with Crippen molar-refractivity contribution in [2.45, 2.75) is 37.8 Å². The predicted octanol–water partition coefficient (Wildman–Crippen LogP) is -0.955. The van der Waals surface area contributed by atoms with Crippen LogP contribution in [0, 0.1) is 0 Å². The summed E-state index contributed by atoms with van der Waals surface area (Å²) in [4.78, 5) is 49.6. The molecule has 0 saturated carbocycles. The second-order valence-electron chi connectivity index (χ2n) is 4.45. The second kappa shape index (κ2) is 12.3. The lowest BCUT2D eigenvalue weighted by Gasteiger charge is -2.13. The van der Waals surface area contributed by atoms with E-state index in [2.05, 4.69) is 5.32 Å². The monoisotopic (exact) mass is 431 g/mol. The average molecular weight is 431 g/mol. The number of hydrogen-bond acceptors (Lipinski definition) is 6. The van der Waals surface area contributed by atoms with Gasteiger partial charge in [0.05, 0.1) is 12.5 Å². The van der Waals surface area contributed by atoms with Crippen molar-refractivity contribution in [2.75, 3.05) is 0 Å². The van der Waals surface area contributed by atoms with Gasteiger partial charge in [-0.1, -0.05) is 0 Å². The molecule has 0 spiro atoms. The molecule has 0 aliphatic heterocycles. The molecule has 28 heavy (non-hydrogen) atoms. The third kappa shape index (κ3) is 17.7. The normalized spacial score (nSPS) is 12.7. The lowest BCUT2D eigenvalue weighted by atomic mass is 10.2. The SMILES string of the molecule is CC(NC(=O)[C@@H](N)CC(N)=O)C(=O)O.O=C(O)C(F)(F)F.O=C(O)C(F)(F)F. The van der Waals surface area contributed by atoms with Crippen molar-refractivity contribution in [3.63, 3.8) is 0 Å². The van der Waals surface area contributed by atoms with Crippen molar-refractivity contribution in [3.8, 4) is 0 Å². The maximum atomic E-state index is 11.1. The summed E-state index contributed by atoms with van der Waals surface area (Å²) < 4.78 is 63.5. The zero-order chi connectivity index (χ0) is 23.5. The summed E-state index contributed by atoms with van der Waals surface area (Å²) >= 11 is 0. The number of amides is 2. The molecule has 0 aromatic rings. The standard InChI is InChI=1S/C7H13N3O4.2C2HF3O2/c1-3(7(13)14)10-6(12)4(8)2-5(9)11;2*3-2(4,5)1(6)7/h3-4H,2,8H2,1H3,(H2,9,11)(H,10,12)(H,13,14);2*(H,6,7)/t3?,4-;;/m0../s1. The highest BCUT2D eigenvalue weighted by atomic mass is 19.4. The van der Waals surface area contributed by atoms with Gasteiger partial charge in [0.25, 0.3) is 0 Å². The molecule has 0 aliphatic carbocycles. The van der Waals surface area contributed by atoms with Crippen LogP contribution in [-0.2, 0) is 24.0 Å². The first kappa shape index (κ1) is 29.6. The van der Waals surface area contributed by atoms with E-state index in [1.807, 2.05) is 0 Å². The van der Waals surface area contributed by atoms with Gasteiger partial charge in [0, 0.05) is 0 Å². The maximum absolute atomic E-state index is 11.1. The molecule has 1 unspecified atom stereocenters. The summed E-state index contributed by atoms with van der Waals surface area (Å²) in [6.45, 7) is 1.29. The Balaban J connectivity index is -0.000000375. The van der Waals surface area contributed by atoms with E-state index in [4.69, 9.17) is 36.4 Å². The van der Waals surface area contributed by atoms with Crippen LogP contribution in [0.3, 0.4) is 0 Å². The van der Waals surface area contributed by atoms with Crippen molar-refractivity contribution >= 4 is 29.7 Å². The third-order valence-electron chi connectivity index (χ3n) is 1.97. The quantitative estimate of drug-likeness (QED) is 0.296. The Morgan fingerprint density at radius 2 is 1.18 bits per heavy atom. The van der Waals surface area contributed by atoms with E-state index in [9.17, 15) is 40.7 Å². The first-order valence-corrected chi connectivity index (χ1v) is 6.40. The molecule has 0 radical (unpaired) electrons. The summed E-state index contributed by atoms with van der Waals surface area (Å²) in [5, 5.41) is 24.8. The smallest absolute Gasteiger partial charge is 0.480 e. The summed E-state index contributed by atoms with van der Waals surface area (Å²) in [5.41, 5.74) is 10.1. The minimum Gasteiger partial charge on any atom is -0.480 e. The van der Waals surface area contributed by atoms with Crippen LogP contribution in [0.5, 0.6) is 0 Å². The summed E-state index contributed by atoms with van der Waals surface area (Å²) in [7, 11) is 0. The fourth-order valence-corrected chi connectivity index (χ4v) is 0.692. The summed E-state index contributed by atoms with van der Waals surface area (Å²) in [6, 6.07) is -2.14. The van der Waals surface area contributed by atoms with E-state index in [1.165, 1.54) is 6.92 Å². The largest absolute Gasteiger partial charge is 0.490 e. The fourth-order valence-electron chi connectivity index (χ4n) is 0.692. The van der Waals surface area contributed by atoms with Gasteiger partial charge in [-0.05, 0) is 6.92 Å². The van der Waals surface area contributed by atoms with E-state index in [1.54, 1.807) is 0 Å². The van der Waals surface area contributed by atoms with Crippen LogP contribution in [0.25, 0.3) is 0 Å². The zero-order valence-corrected chi connectivity index (χ0v) is 13.7. The highest BCUT2D eigenvalue weighted by Crippen LogP contribution is 2.13. The molecule has 11 nitrogen and oxygen atoms in total. The van der Waals surface area contributed by atoms with Gasteiger partial charge in [-0.25, -0.2) is 9.59 Å². The molecule has 17 heteroatoms. The van der Waals surface area contributed by atoms with E-state index in [-0.39, 0.29) is 6.42 Å². The molecule has 2 amide bonds. The van der Waals surface area contributed by atoms with Crippen LogP contribution in [0.2, 0.25) is 0 Å². The van der Waals surface area contributed by atoms with Crippen molar-refractivity contribution in [2.24, 2.45) is 11.5 Å². The molecule has 8 N–H and O–H groups in total. The molecule has 0 aromatic carbocycles. The van der Waals surface area contributed by atoms with Gasteiger partial charge in [0.2, 0.25) is 11.8 Å². The van der Waals surface area contributed by atoms with Crippen LogP contribution >= 0.6 is 0 Å². The van der Waals surface area contributed by atoms with Gasteiger partial charge >= 0.3 is 30.3 Å². The van der Waals surface area contributed by atoms with E-state index in [0.29, 0.717) is 0 Å². The van der Waals surface area contributed by atoms with E-state index in [0.717, 1.165) is 0 Å². The molecule has 164 valence electrons. The first-order valence-electron chi connectivity index (χ1n) is 6.40. The molecule has 0 aliphatic rings. The summed E-state index contributed by atoms with van der Waals surface area (Å²) in [5.74, 6) is -8.11. The molecule has 0 aromatic heterocycles. The van der Waals surface area contributed by atoms with Crippen LogP contribution in [-0.4, -0.2) is 69.5 Å². The number of aliphatic carboxylic acids is 3. The number of carbonyl (C=O) groups is 5. The van der Waals surface area contributed by atoms with E-state index < -0.39 is 54.2 Å². The number of carbonyl (C=O) groups excluding carboxylic acids is 2. The van der Waals surface area contributed by atoms with Gasteiger partial charge in [-0.3, -0.25) is 14.4 Å². The minimum absolute atomic E-state index is 0.307. The number of rotatable bonds is 5. The number of alkyl halides is 6. The average Bonchev–Trinajstić information content (AvgIpc) is 2.45. The number of nitrogens with one attached hydrogen (secondary N) is 1. The lowest BCUT2D eigenvalue weighted by Crippen LogP contribution is -2.48. The van der Waals surface area contributed by atoms with Crippen LogP contribution in [0.15, 0.2) is 0 Å². The summed E-state index contributed by atoms with van der Waals surface area (Å²) in [6.07, 6.45) is -10.5. The Hall–Kier alpha value is -3.11. The van der Waals surface area contributed by atoms with Crippen molar-refractivity contribution in [3.05, 3.63) is 0 Å². The Morgan fingerprint density at radius 3 is 1.36 bits per heavy atom. The van der Waals surface area contributed by atoms with Crippen LogP contribution < -0.4 is 16.8 Å². The molecule has 0 bridgehead atoms. The van der Waals surface area contributed by atoms with E-state index >= 15 is 0 Å². The number of nitrogens with two attached hydrogens (primary N) is 2. The highest BCUT2D eigenvalue weighted by molar-refractivity contribution is 5.90. The number of hydrogen-bond donors (Lipinski definition) is 6. The molecule has 2 atom stereocenters. The van der Waals surface area contributed by atoms with Gasteiger partial charge in [-0.15, -0.1) is 0 Å². The Morgan fingerprint density at radius 1 is 0.893 bits per heavy atom. The maximum Gasteiger partial charge on any atom is 0.490 e. The molecule has 0 heterocycles. The number of primary amides is 1. The van der Waals surface area contributed by atoms with Gasteiger partial charge in [-0.2, -0.15) is 26.3 Å². The Kier molecular flexibility index (Phi) is 13.0. The first-order chi connectivity index (χ1) is 12.2. The molecule has 0 saturated heterocycles. The van der Waals surface area contributed by atoms with Gasteiger partial charge < -0.3 is 32.1 Å². The molecular weight excluding hydrogens is 416 g/mol. The predicted molar refractivity (Wildman–Crippen MR) is 74.4 cm³/mol. The van der Waals surface area contributed by atoms with Gasteiger partial charge in [0.15, 0.2) is 0 Å². The third-order valence-corrected chi connectivity index (χ3v) is 1.97. The topological polar surface area (TPSA) is 210 Å². The highest BCUT2D eigenvalue weighted by Gasteiger charge is 2.38. The zero-order valence-electron chi connectivity index (χ0n) is 13.7. The molecule has 0 rings (SSSR count). The van der Waals surface area contributed by atoms with Gasteiger partial charge in [0.1, 0.15) is 6.04 Å². The molecule has 0 fully saturated rings.